The predicted octanol–water partition coefficient (Wildman–Crippen LogP) is 1.68. The highest BCUT2D eigenvalue weighted by Gasteiger charge is 2.17. The first-order chi connectivity index (χ1) is 7.97. The van der Waals surface area contributed by atoms with Crippen LogP contribution in [0.15, 0.2) is 34.0 Å². The molecule has 0 atom stereocenters. The maximum absolute atomic E-state index is 11.9. The fraction of sp³-hybridized carbons (Fsp3) is 0.111. The number of hydrogen-bond donors (Lipinski definition) is 2. The Hall–Kier alpha value is -1.41. The molecule has 0 aliphatic heterocycles. The van der Waals surface area contributed by atoms with E-state index in [0.717, 1.165) is 4.47 Å². The molecule has 0 spiro atoms. The van der Waals surface area contributed by atoms with Gasteiger partial charge in [-0.3, -0.25) is 4.72 Å². The zero-order chi connectivity index (χ0) is 12.5. The van der Waals surface area contributed by atoms with Crippen LogP contribution in [0.1, 0.15) is 5.82 Å². The largest absolute Gasteiger partial charge is 0.332 e. The molecule has 0 unspecified atom stereocenters. The summed E-state index contributed by atoms with van der Waals surface area (Å²) in [6.45, 7) is 1.68. The van der Waals surface area contributed by atoms with E-state index in [2.05, 4.69) is 35.6 Å². The van der Waals surface area contributed by atoms with Crippen molar-refractivity contribution < 1.29 is 8.42 Å². The zero-order valence-electron chi connectivity index (χ0n) is 8.81. The molecule has 8 heteroatoms. The molecule has 2 aromatic heterocycles. The lowest BCUT2D eigenvalue weighted by molar-refractivity contribution is 0.598. The van der Waals surface area contributed by atoms with E-state index in [1.165, 1.54) is 12.4 Å². The van der Waals surface area contributed by atoms with Crippen molar-refractivity contribution in [3.05, 3.63) is 34.8 Å². The van der Waals surface area contributed by atoms with Crippen molar-refractivity contribution in [3.8, 4) is 0 Å². The highest BCUT2D eigenvalue weighted by Crippen LogP contribution is 2.16. The second-order valence-electron chi connectivity index (χ2n) is 3.30. The van der Waals surface area contributed by atoms with Gasteiger partial charge in [0.1, 0.15) is 11.6 Å². The van der Waals surface area contributed by atoms with Crippen LogP contribution in [0.25, 0.3) is 0 Å². The topological polar surface area (TPSA) is 87.7 Å². The fourth-order valence-electron chi connectivity index (χ4n) is 1.19. The van der Waals surface area contributed by atoms with Crippen molar-refractivity contribution in [3.63, 3.8) is 0 Å². The molecule has 0 bridgehead atoms. The molecule has 0 amide bonds. The van der Waals surface area contributed by atoms with Crippen LogP contribution in [0.3, 0.4) is 0 Å². The van der Waals surface area contributed by atoms with Gasteiger partial charge in [0.15, 0.2) is 5.03 Å². The number of anilines is 1. The van der Waals surface area contributed by atoms with Crippen molar-refractivity contribution in [2.45, 2.75) is 11.9 Å². The normalized spacial score (nSPS) is 11.4. The Morgan fingerprint density at radius 3 is 2.76 bits per heavy atom. The summed E-state index contributed by atoms with van der Waals surface area (Å²) in [7, 11) is -3.66. The molecule has 2 rings (SSSR count). The number of nitrogens with one attached hydrogen (secondary N) is 2. The highest BCUT2D eigenvalue weighted by molar-refractivity contribution is 9.10. The summed E-state index contributed by atoms with van der Waals surface area (Å²) in [4.78, 5) is 10.4. The number of sulfonamides is 1. The number of nitrogens with zero attached hydrogens (tertiary/aromatic N) is 2. The van der Waals surface area contributed by atoms with Gasteiger partial charge in [0, 0.05) is 10.7 Å². The molecular weight excluding hydrogens is 308 g/mol. The zero-order valence-corrected chi connectivity index (χ0v) is 11.2. The average Bonchev–Trinajstić information content (AvgIpc) is 2.65. The minimum Gasteiger partial charge on any atom is -0.332 e. The van der Waals surface area contributed by atoms with Gasteiger partial charge >= 0.3 is 0 Å². The fourth-order valence-corrected chi connectivity index (χ4v) is 2.49. The van der Waals surface area contributed by atoms with E-state index in [-0.39, 0.29) is 10.8 Å². The number of aromatic amines is 1. The number of hydrogen-bond acceptors (Lipinski definition) is 4. The third-order valence-electron chi connectivity index (χ3n) is 1.93. The van der Waals surface area contributed by atoms with Gasteiger partial charge in [0.2, 0.25) is 0 Å². The van der Waals surface area contributed by atoms with Gasteiger partial charge in [-0.15, -0.1) is 0 Å². The van der Waals surface area contributed by atoms with Gasteiger partial charge in [-0.2, -0.15) is 8.42 Å². The van der Waals surface area contributed by atoms with E-state index in [1.54, 1.807) is 19.1 Å². The Bertz CT molecular complexity index is 638. The molecule has 0 fully saturated rings. The number of aryl methyl sites for hydroxylation is 1. The second kappa shape index (κ2) is 4.46. The summed E-state index contributed by atoms with van der Waals surface area (Å²) in [5.74, 6) is 0.777. The van der Waals surface area contributed by atoms with Crippen LogP contribution in [-0.4, -0.2) is 23.4 Å². The average molecular weight is 317 g/mol. The first-order valence-corrected chi connectivity index (χ1v) is 6.91. The van der Waals surface area contributed by atoms with Crippen LogP contribution < -0.4 is 4.72 Å². The van der Waals surface area contributed by atoms with Crippen LogP contribution in [0.2, 0.25) is 0 Å². The third-order valence-corrected chi connectivity index (χ3v) is 3.69. The first-order valence-electron chi connectivity index (χ1n) is 4.63. The molecule has 6 nitrogen and oxygen atoms in total. The van der Waals surface area contributed by atoms with Crippen molar-refractivity contribution in [2.75, 3.05) is 4.72 Å². The number of rotatable bonds is 3. The van der Waals surface area contributed by atoms with E-state index in [0.29, 0.717) is 5.82 Å². The highest BCUT2D eigenvalue weighted by atomic mass is 79.9. The Kier molecular flexibility index (Phi) is 3.16. The maximum atomic E-state index is 11.9. The second-order valence-corrected chi connectivity index (χ2v) is 5.86. The molecule has 17 heavy (non-hydrogen) atoms. The minimum atomic E-state index is -3.66. The van der Waals surface area contributed by atoms with Gasteiger partial charge in [-0.05, 0) is 19.1 Å². The SMILES string of the molecule is Cc1ncc(S(=O)(=O)Nc2cc(Br)ccn2)[nH]1. The lowest BCUT2D eigenvalue weighted by atomic mass is 10.5. The molecule has 2 heterocycles. The Morgan fingerprint density at radius 1 is 1.41 bits per heavy atom. The number of H-pyrrole nitrogens is 1. The van der Waals surface area contributed by atoms with Crippen molar-refractivity contribution >= 4 is 31.8 Å². The summed E-state index contributed by atoms with van der Waals surface area (Å²) in [5, 5.41) is 0.0109. The van der Waals surface area contributed by atoms with Crippen LogP contribution >= 0.6 is 15.9 Å². The van der Waals surface area contributed by atoms with Crippen LogP contribution in [0.5, 0.6) is 0 Å². The number of pyridine rings is 1. The Labute approximate surface area is 107 Å². The molecule has 0 aliphatic carbocycles. The quantitative estimate of drug-likeness (QED) is 0.901. The Balaban J connectivity index is 2.29. The summed E-state index contributed by atoms with van der Waals surface area (Å²) in [6.07, 6.45) is 2.76. The molecule has 2 N–H and O–H groups in total. The van der Waals surface area contributed by atoms with Crippen LogP contribution in [0, 0.1) is 6.92 Å². The predicted molar refractivity (Wildman–Crippen MR) is 66.1 cm³/mol. The van der Waals surface area contributed by atoms with E-state index >= 15 is 0 Å². The first kappa shape index (κ1) is 12.1. The van der Waals surface area contributed by atoms with E-state index in [4.69, 9.17) is 0 Å². The Morgan fingerprint density at radius 2 is 2.18 bits per heavy atom. The number of imidazole rings is 1. The van der Waals surface area contributed by atoms with E-state index in [9.17, 15) is 8.42 Å². The minimum absolute atomic E-state index is 0.0109. The van der Waals surface area contributed by atoms with Gasteiger partial charge in [-0.1, -0.05) is 15.9 Å². The van der Waals surface area contributed by atoms with E-state index < -0.39 is 10.0 Å². The van der Waals surface area contributed by atoms with Crippen LogP contribution in [0.4, 0.5) is 5.82 Å². The van der Waals surface area contributed by atoms with Crippen molar-refractivity contribution in [2.24, 2.45) is 0 Å². The van der Waals surface area contributed by atoms with Gasteiger partial charge in [-0.25, -0.2) is 9.97 Å². The molecule has 2 aromatic rings. The summed E-state index contributed by atoms with van der Waals surface area (Å²) in [6, 6.07) is 3.28. The van der Waals surface area contributed by atoms with Gasteiger partial charge in [0.25, 0.3) is 10.0 Å². The molecule has 0 aromatic carbocycles. The van der Waals surface area contributed by atoms with Crippen LogP contribution in [-0.2, 0) is 10.0 Å². The van der Waals surface area contributed by atoms with E-state index in [1.807, 2.05) is 0 Å². The molecule has 90 valence electrons. The van der Waals surface area contributed by atoms with Crippen molar-refractivity contribution in [1.82, 2.24) is 15.0 Å². The number of aromatic nitrogens is 3. The number of halogens is 1. The summed E-state index contributed by atoms with van der Waals surface area (Å²) >= 11 is 3.24. The monoisotopic (exact) mass is 316 g/mol. The lowest BCUT2D eigenvalue weighted by Gasteiger charge is -2.04. The summed E-state index contributed by atoms with van der Waals surface area (Å²) in [5.41, 5.74) is 0. The third kappa shape index (κ3) is 2.83. The smallest absolute Gasteiger partial charge is 0.280 e. The maximum Gasteiger partial charge on any atom is 0.280 e. The van der Waals surface area contributed by atoms with Gasteiger partial charge < -0.3 is 4.98 Å². The van der Waals surface area contributed by atoms with Gasteiger partial charge in [0.05, 0.1) is 6.20 Å². The molecule has 0 aliphatic rings. The molecular formula is C9H9BrN4O2S. The van der Waals surface area contributed by atoms with Crippen molar-refractivity contribution in [1.29, 1.82) is 0 Å². The molecule has 0 radical (unpaired) electrons. The molecule has 0 saturated heterocycles. The lowest BCUT2D eigenvalue weighted by Crippen LogP contribution is -2.14. The standard InChI is InChI=1S/C9H9BrN4O2S/c1-6-12-5-9(13-6)17(15,16)14-8-4-7(10)2-3-11-8/h2-5H,1H3,(H,11,14)(H,12,13). The molecule has 0 saturated carbocycles. The summed E-state index contributed by atoms with van der Waals surface area (Å²) < 4.78 is 26.9.